The molecule has 10 heteroatoms. The average molecular weight is 431 g/mol. The highest BCUT2D eigenvalue weighted by Gasteiger charge is 2.29. The SMILES string of the molecule is O=C(C=Cc1nc2ccccc2o1)Nc1ccc(F)c(S(=O)(=O)N2CCOCC2)c1. The fourth-order valence-corrected chi connectivity index (χ4v) is 4.50. The molecule has 0 saturated carbocycles. The number of amides is 1. The molecule has 0 unspecified atom stereocenters. The first-order valence-electron chi connectivity index (χ1n) is 9.15. The Morgan fingerprint density at radius 2 is 1.93 bits per heavy atom. The molecule has 1 aliphatic heterocycles. The predicted octanol–water partition coefficient (Wildman–Crippen LogP) is 2.64. The standard InChI is InChI=1S/C20H18FN3O5S/c21-15-6-5-14(13-18(15)30(26,27)24-9-11-28-12-10-24)22-19(25)7-8-20-23-16-3-1-2-4-17(16)29-20/h1-8,13H,9-12H2,(H,22,25). The summed E-state index contributed by atoms with van der Waals surface area (Å²) in [4.78, 5) is 15.9. The Morgan fingerprint density at radius 1 is 1.17 bits per heavy atom. The molecule has 1 N–H and O–H groups in total. The van der Waals surface area contributed by atoms with Gasteiger partial charge in [-0.25, -0.2) is 17.8 Å². The first-order chi connectivity index (χ1) is 14.4. The Morgan fingerprint density at radius 3 is 2.70 bits per heavy atom. The minimum Gasteiger partial charge on any atom is -0.437 e. The van der Waals surface area contributed by atoms with Crippen LogP contribution in [-0.2, 0) is 19.6 Å². The van der Waals surface area contributed by atoms with Crippen molar-refractivity contribution in [3.63, 3.8) is 0 Å². The third-order valence-corrected chi connectivity index (χ3v) is 6.39. The molecule has 1 aliphatic rings. The zero-order valence-electron chi connectivity index (χ0n) is 15.7. The Kier molecular flexibility index (Phi) is 5.62. The summed E-state index contributed by atoms with van der Waals surface area (Å²) >= 11 is 0. The molecular weight excluding hydrogens is 413 g/mol. The summed E-state index contributed by atoms with van der Waals surface area (Å²) in [6.45, 7) is 0.785. The van der Waals surface area contributed by atoms with Crippen molar-refractivity contribution in [1.82, 2.24) is 9.29 Å². The molecule has 1 aromatic heterocycles. The largest absolute Gasteiger partial charge is 0.437 e. The molecular formula is C20H18FN3O5S. The van der Waals surface area contributed by atoms with Gasteiger partial charge in [-0.15, -0.1) is 0 Å². The first kappa shape index (κ1) is 20.2. The third kappa shape index (κ3) is 4.25. The molecule has 1 amide bonds. The van der Waals surface area contributed by atoms with Crippen molar-refractivity contribution < 1.29 is 26.8 Å². The molecule has 2 aromatic carbocycles. The lowest BCUT2D eigenvalue weighted by Gasteiger charge is -2.26. The van der Waals surface area contributed by atoms with Gasteiger partial charge < -0.3 is 14.5 Å². The van der Waals surface area contributed by atoms with E-state index in [0.717, 1.165) is 16.4 Å². The number of nitrogens with zero attached hydrogens (tertiary/aromatic N) is 2. The number of anilines is 1. The number of hydrogen-bond acceptors (Lipinski definition) is 6. The summed E-state index contributed by atoms with van der Waals surface area (Å²) in [5.41, 5.74) is 1.40. The fraction of sp³-hybridized carbons (Fsp3) is 0.200. The molecule has 4 rings (SSSR count). The van der Waals surface area contributed by atoms with Crippen LogP contribution in [0.1, 0.15) is 5.89 Å². The number of rotatable bonds is 5. The van der Waals surface area contributed by atoms with Crippen molar-refractivity contribution in [2.24, 2.45) is 0 Å². The number of benzene rings is 2. The molecule has 3 aromatic rings. The lowest BCUT2D eigenvalue weighted by Crippen LogP contribution is -2.40. The van der Waals surface area contributed by atoms with E-state index in [9.17, 15) is 17.6 Å². The second kappa shape index (κ2) is 8.34. The van der Waals surface area contributed by atoms with Crippen LogP contribution in [0.3, 0.4) is 0 Å². The minimum absolute atomic E-state index is 0.144. The normalized spacial score (nSPS) is 15.6. The smallest absolute Gasteiger partial charge is 0.248 e. The van der Waals surface area contributed by atoms with Crippen LogP contribution in [0.5, 0.6) is 0 Å². The van der Waals surface area contributed by atoms with Crippen molar-refractivity contribution in [2.45, 2.75) is 4.90 Å². The summed E-state index contributed by atoms with van der Waals surface area (Å²) in [6, 6.07) is 10.6. The van der Waals surface area contributed by atoms with Gasteiger partial charge in [0.2, 0.25) is 21.8 Å². The van der Waals surface area contributed by atoms with Crippen LogP contribution in [0.25, 0.3) is 17.2 Å². The minimum atomic E-state index is -4.04. The number of hydrogen-bond donors (Lipinski definition) is 1. The monoisotopic (exact) mass is 431 g/mol. The molecule has 0 radical (unpaired) electrons. The van der Waals surface area contributed by atoms with Crippen molar-refractivity contribution >= 4 is 38.8 Å². The topological polar surface area (TPSA) is 102 Å². The van der Waals surface area contributed by atoms with E-state index in [1.807, 2.05) is 12.1 Å². The van der Waals surface area contributed by atoms with Gasteiger partial charge in [-0.05, 0) is 30.3 Å². The number of aromatic nitrogens is 1. The van der Waals surface area contributed by atoms with Gasteiger partial charge in [-0.1, -0.05) is 12.1 Å². The average Bonchev–Trinajstić information content (AvgIpc) is 3.17. The number of oxazole rings is 1. The molecule has 8 nitrogen and oxygen atoms in total. The van der Waals surface area contributed by atoms with E-state index in [4.69, 9.17) is 9.15 Å². The van der Waals surface area contributed by atoms with Crippen molar-refractivity contribution in [3.05, 3.63) is 60.2 Å². The summed E-state index contributed by atoms with van der Waals surface area (Å²) in [5, 5.41) is 2.52. The van der Waals surface area contributed by atoms with Crippen molar-refractivity contribution in [1.29, 1.82) is 0 Å². The number of carbonyl (C=O) groups is 1. The summed E-state index contributed by atoms with van der Waals surface area (Å²) in [5.74, 6) is -1.18. The van der Waals surface area contributed by atoms with E-state index >= 15 is 0 Å². The Bertz CT molecular complexity index is 1180. The second-order valence-electron chi connectivity index (χ2n) is 6.50. The highest BCUT2D eigenvalue weighted by Crippen LogP contribution is 2.24. The lowest BCUT2D eigenvalue weighted by molar-refractivity contribution is -0.111. The number of carbonyl (C=O) groups excluding carboxylic acids is 1. The van der Waals surface area contributed by atoms with Crippen LogP contribution in [-0.4, -0.2) is 49.9 Å². The van der Waals surface area contributed by atoms with Crippen LogP contribution >= 0.6 is 0 Å². The maximum absolute atomic E-state index is 14.2. The lowest BCUT2D eigenvalue weighted by atomic mass is 10.3. The first-order valence-corrected chi connectivity index (χ1v) is 10.6. The number of fused-ring (bicyclic) bond motifs is 1. The van der Waals surface area contributed by atoms with Gasteiger partial charge in [0, 0.05) is 30.9 Å². The Hall–Kier alpha value is -3.08. The molecule has 0 atom stereocenters. The van der Waals surface area contributed by atoms with E-state index in [0.29, 0.717) is 11.1 Å². The number of sulfonamides is 1. The van der Waals surface area contributed by atoms with E-state index in [-0.39, 0.29) is 37.9 Å². The molecule has 156 valence electrons. The summed E-state index contributed by atoms with van der Waals surface area (Å²) in [7, 11) is -4.04. The van der Waals surface area contributed by atoms with Gasteiger partial charge in [0.15, 0.2) is 5.58 Å². The second-order valence-corrected chi connectivity index (χ2v) is 8.41. The number of para-hydroxylation sites is 2. The van der Waals surface area contributed by atoms with Gasteiger partial charge in [0.1, 0.15) is 16.2 Å². The van der Waals surface area contributed by atoms with Gasteiger partial charge in [-0.2, -0.15) is 4.31 Å². The zero-order chi connectivity index (χ0) is 21.1. The zero-order valence-corrected chi connectivity index (χ0v) is 16.6. The van der Waals surface area contributed by atoms with Crippen LogP contribution in [0.4, 0.5) is 10.1 Å². The fourth-order valence-electron chi connectivity index (χ4n) is 3.00. The van der Waals surface area contributed by atoms with Crippen LogP contribution < -0.4 is 5.32 Å². The number of morpholine rings is 1. The molecule has 0 aliphatic carbocycles. The summed E-state index contributed by atoms with van der Waals surface area (Å²) in [6.07, 6.45) is 2.59. The number of halogens is 1. The van der Waals surface area contributed by atoms with Crippen molar-refractivity contribution in [2.75, 3.05) is 31.6 Å². The van der Waals surface area contributed by atoms with Gasteiger partial charge in [0.25, 0.3) is 0 Å². The van der Waals surface area contributed by atoms with Gasteiger partial charge in [0.05, 0.1) is 13.2 Å². The molecule has 2 heterocycles. The Balaban J connectivity index is 1.50. The van der Waals surface area contributed by atoms with Gasteiger partial charge in [-0.3, -0.25) is 4.79 Å². The van der Waals surface area contributed by atoms with E-state index < -0.39 is 26.6 Å². The molecule has 0 spiro atoms. The predicted molar refractivity (Wildman–Crippen MR) is 108 cm³/mol. The highest BCUT2D eigenvalue weighted by atomic mass is 32.2. The molecule has 30 heavy (non-hydrogen) atoms. The van der Waals surface area contributed by atoms with Crippen LogP contribution in [0, 0.1) is 5.82 Å². The van der Waals surface area contributed by atoms with Crippen molar-refractivity contribution in [3.8, 4) is 0 Å². The van der Waals surface area contributed by atoms with E-state index in [1.165, 1.54) is 18.2 Å². The maximum Gasteiger partial charge on any atom is 0.248 e. The number of ether oxygens (including phenoxy) is 1. The molecule has 1 fully saturated rings. The third-order valence-electron chi connectivity index (χ3n) is 4.47. The van der Waals surface area contributed by atoms with Gasteiger partial charge >= 0.3 is 0 Å². The maximum atomic E-state index is 14.2. The van der Waals surface area contributed by atoms with Crippen LogP contribution in [0.15, 0.2) is 57.9 Å². The van der Waals surface area contributed by atoms with E-state index in [2.05, 4.69) is 10.3 Å². The quantitative estimate of drug-likeness (QED) is 0.623. The molecule has 1 saturated heterocycles. The van der Waals surface area contributed by atoms with E-state index in [1.54, 1.807) is 12.1 Å². The Labute approximate surface area is 172 Å². The van der Waals surface area contributed by atoms with Crippen LogP contribution in [0.2, 0.25) is 0 Å². The number of nitrogens with one attached hydrogen (secondary N) is 1. The molecule has 0 bridgehead atoms. The summed E-state index contributed by atoms with van der Waals surface area (Å²) < 4.78 is 51.5. The highest BCUT2D eigenvalue weighted by molar-refractivity contribution is 7.89.